The van der Waals surface area contributed by atoms with E-state index in [-0.39, 0.29) is 0 Å². The number of carboxylic acids is 1. The van der Waals surface area contributed by atoms with Crippen LogP contribution in [-0.4, -0.2) is 57.1 Å². The minimum Gasteiger partial charge on any atom is -0.547 e. The first-order chi connectivity index (χ1) is 5.95. The molecule has 7 heteroatoms. The molecule has 1 saturated heterocycles. The molecule has 0 spiro atoms. The van der Waals surface area contributed by atoms with Gasteiger partial charge in [0.15, 0.2) is 6.29 Å². The van der Waals surface area contributed by atoms with Crippen LogP contribution in [0.15, 0.2) is 0 Å². The number of ether oxygens (including phenoxy) is 1. The second kappa shape index (κ2) is 3.56. The van der Waals surface area contributed by atoms with E-state index in [0.29, 0.717) is 0 Å². The minimum atomic E-state index is -1.85. The average Bonchev–Trinajstić information content (AvgIpc) is 2.07. The molecule has 0 aromatic carbocycles. The minimum absolute atomic E-state index is 1.73. The lowest BCUT2D eigenvalue weighted by Crippen LogP contribution is -2.62. The number of aliphatic hydroxyl groups is 4. The fourth-order valence-corrected chi connectivity index (χ4v) is 1.06. The van der Waals surface area contributed by atoms with Crippen molar-refractivity contribution in [3.8, 4) is 0 Å². The van der Waals surface area contributed by atoms with E-state index in [4.69, 9.17) is 20.4 Å². The van der Waals surface area contributed by atoms with Gasteiger partial charge in [0.05, 0.1) is 5.97 Å². The summed E-state index contributed by atoms with van der Waals surface area (Å²) < 4.78 is 4.28. The van der Waals surface area contributed by atoms with E-state index in [1.807, 2.05) is 0 Å². The fourth-order valence-electron chi connectivity index (χ4n) is 1.06. The molecule has 0 unspecified atom stereocenters. The van der Waals surface area contributed by atoms with Crippen molar-refractivity contribution in [1.29, 1.82) is 0 Å². The zero-order valence-corrected chi connectivity index (χ0v) is 6.40. The lowest BCUT2D eigenvalue weighted by molar-refractivity contribution is -0.345. The number of hydrogen-bond acceptors (Lipinski definition) is 7. The predicted octanol–water partition coefficient (Wildman–Crippen LogP) is -4.46. The molecule has 4 N–H and O–H groups in total. The number of aliphatic carboxylic acids is 1. The maximum Gasteiger partial charge on any atom is 0.184 e. The van der Waals surface area contributed by atoms with E-state index in [2.05, 4.69) is 4.74 Å². The SMILES string of the molecule is O=C([O-])[C@H]1O[C@@H](O)[C@H](O)[C@@H](O)[C@@H]1O. The van der Waals surface area contributed by atoms with Gasteiger partial charge in [0.25, 0.3) is 0 Å². The van der Waals surface area contributed by atoms with Crippen LogP contribution in [0.25, 0.3) is 0 Å². The summed E-state index contributed by atoms with van der Waals surface area (Å²) in [5.41, 5.74) is 0. The maximum atomic E-state index is 10.3. The molecule has 0 aliphatic carbocycles. The molecule has 0 aromatic heterocycles. The number of hydrogen-bond donors (Lipinski definition) is 4. The van der Waals surface area contributed by atoms with Crippen LogP contribution < -0.4 is 5.11 Å². The van der Waals surface area contributed by atoms with Gasteiger partial charge in [-0.1, -0.05) is 0 Å². The van der Waals surface area contributed by atoms with Crippen molar-refractivity contribution >= 4 is 5.97 Å². The summed E-state index contributed by atoms with van der Waals surface area (Å²) in [7, 11) is 0. The summed E-state index contributed by atoms with van der Waals surface area (Å²) in [6.07, 6.45) is -9.00. The van der Waals surface area contributed by atoms with E-state index in [1.165, 1.54) is 0 Å². The summed E-state index contributed by atoms with van der Waals surface area (Å²) in [5, 5.41) is 46.1. The zero-order valence-electron chi connectivity index (χ0n) is 6.40. The van der Waals surface area contributed by atoms with E-state index in [9.17, 15) is 9.90 Å². The van der Waals surface area contributed by atoms with Crippen LogP contribution in [0.5, 0.6) is 0 Å². The summed E-state index contributed by atoms with van der Waals surface area (Å²) >= 11 is 0. The molecule has 0 aromatic rings. The molecular formula is C6H9O7-. The smallest absolute Gasteiger partial charge is 0.184 e. The number of carbonyl (C=O) groups excluding carboxylic acids is 1. The van der Waals surface area contributed by atoms with Crippen LogP contribution in [0.3, 0.4) is 0 Å². The van der Waals surface area contributed by atoms with Crippen molar-refractivity contribution in [3.05, 3.63) is 0 Å². The molecule has 0 radical (unpaired) electrons. The van der Waals surface area contributed by atoms with Crippen LogP contribution in [0, 0.1) is 0 Å². The highest BCUT2D eigenvalue weighted by Gasteiger charge is 2.43. The monoisotopic (exact) mass is 193 g/mol. The molecule has 1 aliphatic heterocycles. The molecule has 1 fully saturated rings. The van der Waals surface area contributed by atoms with E-state index in [1.54, 1.807) is 0 Å². The van der Waals surface area contributed by atoms with Crippen LogP contribution in [0.2, 0.25) is 0 Å². The largest absolute Gasteiger partial charge is 0.547 e. The molecule has 0 bridgehead atoms. The van der Waals surface area contributed by atoms with Crippen molar-refractivity contribution in [2.75, 3.05) is 0 Å². The van der Waals surface area contributed by atoms with Gasteiger partial charge in [-0.15, -0.1) is 0 Å². The Hall–Kier alpha value is -0.730. The maximum absolute atomic E-state index is 10.3. The Bertz CT molecular complexity index is 205. The Morgan fingerprint density at radius 2 is 1.62 bits per heavy atom. The van der Waals surface area contributed by atoms with Gasteiger partial charge in [0.2, 0.25) is 0 Å². The molecule has 1 rings (SSSR count). The fraction of sp³-hybridized carbons (Fsp3) is 0.833. The number of carbonyl (C=O) groups is 1. The standard InChI is InChI=1S/C6H10O7/c7-1-2(8)4(5(10)11)13-6(12)3(1)9/h1-4,6-9,12H,(H,10,11)/p-1/t1-,2-,3+,4-,6+/m0/s1. The van der Waals surface area contributed by atoms with Crippen LogP contribution in [0.4, 0.5) is 0 Å². The zero-order chi connectivity index (χ0) is 10.2. The van der Waals surface area contributed by atoms with Gasteiger partial charge in [-0.25, -0.2) is 0 Å². The number of rotatable bonds is 1. The number of aliphatic hydroxyl groups excluding tert-OH is 4. The second-order valence-corrected chi connectivity index (χ2v) is 2.74. The molecule has 13 heavy (non-hydrogen) atoms. The first kappa shape index (κ1) is 10.4. The van der Waals surface area contributed by atoms with Crippen LogP contribution in [0.1, 0.15) is 0 Å². The molecule has 7 nitrogen and oxygen atoms in total. The van der Waals surface area contributed by atoms with Gasteiger partial charge < -0.3 is 35.1 Å². The highest BCUT2D eigenvalue weighted by Crippen LogP contribution is 2.19. The third-order valence-corrected chi connectivity index (χ3v) is 1.82. The molecule has 0 amide bonds. The van der Waals surface area contributed by atoms with Crippen molar-refractivity contribution in [2.45, 2.75) is 30.7 Å². The Balaban J connectivity index is 2.76. The Morgan fingerprint density at radius 1 is 1.08 bits per heavy atom. The molecule has 1 heterocycles. The summed E-state index contributed by atoms with van der Waals surface area (Å²) in [4.78, 5) is 10.3. The van der Waals surface area contributed by atoms with Gasteiger partial charge >= 0.3 is 0 Å². The van der Waals surface area contributed by atoms with Gasteiger partial charge in [-0.2, -0.15) is 0 Å². The van der Waals surface area contributed by atoms with Gasteiger partial charge in [0, 0.05) is 0 Å². The highest BCUT2D eigenvalue weighted by molar-refractivity contribution is 5.71. The lowest BCUT2D eigenvalue weighted by atomic mass is 9.99. The molecular weight excluding hydrogens is 184 g/mol. The van der Waals surface area contributed by atoms with E-state index >= 15 is 0 Å². The van der Waals surface area contributed by atoms with Crippen LogP contribution in [-0.2, 0) is 9.53 Å². The predicted molar refractivity (Wildman–Crippen MR) is 33.9 cm³/mol. The molecule has 76 valence electrons. The first-order valence-corrected chi connectivity index (χ1v) is 3.53. The Morgan fingerprint density at radius 3 is 2.08 bits per heavy atom. The molecule has 5 atom stereocenters. The summed E-state index contributed by atoms with van der Waals surface area (Å²) in [6.45, 7) is 0. The quantitative estimate of drug-likeness (QED) is 0.330. The topological polar surface area (TPSA) is 130 Å². The van der Waals surface area contributed by atoms with E-state index < -0.39 is 36.7 Å². The van der Waals surface area contributed by atoms with E-state index in [0.717, 1.165) is 0 Å². The van der Waals surface area contributed by atoms with Crippen molar-refractivity contribution in [2.24, 2.45) is 0 Å². The Kier molecular flexibility index (Phi) is 2.84. The van der Waals surface area contributed by atoms with Crippen molar-refractivity contribution in [1.82, 2.24) is 0 Å². The van der Waals surface area contributed by atoms with Crippen LogP contribution >= 0.6 is 0 Å². The van der Waals surface area contributed by atoms with Gasteiger partial charge in [0.1, 0.15) is 24.4 Å². The van der Waals surface area contributed by atoms with Crippen molar-refractivity contribution < 1.29 is 35.1 Å². The normalized spacial score (nSPS) is 46.0. The summed E-state index contributed by atoms with van der Waals surface area (Å²) in [6, 6.07) is 0. The summed E-state index contributed by atoms with van der Waals surface area (Å²) in [5.74, 6) is -1.77. The second-order valence-electron chi connectivity index (χ2n) is 2.74. The first-order valence-electron chi connectivity index (χ1n) is 3.53. The molecule has 1 aliphatic rings. The molecule has 0 saturated carbocycles. The Labute approximate surface area is 72.8 Å². The number of carboxylic acid groups (broad SMARTS) is 1. The highest BCUT2D eigenvalue weighted by atomic mass is 16.6. The lowest BCUT2D eigenvalue weighted by Gasteiger charge is -2.38. The van der Waals surface area contributed by atoms with Gasteiger partial charge in [-0.05, 0) is 0 Å². The average molecular weight is 193 g/mol. The van der Waals surface area contributed by atoms with Gasteiger partial charge in [-0.3, -0.25) is 0 Å². The third-order valence-electron chi connectivity index (χ3n) is 1.82. The van der Waals surface area contributed by atoms with Crippen molar-refractivity contribution in [3.63, 3.8) is 0 Å². The third kappa shape index (κ3) is 1.79.